The van der Waals surface area contributed by atoms with Gasteiger partial charge in [0, 0.05) is 28.3 Å². The SMILES string of the molecule is CCC(=Cc1sc2ccsc2[n+]1CC(=O)NS(C)(=O)=O)C=C1Sc2ccc(Cl)cc2N1CCCS(=O)(=O)[O-]. The Hall–Kier alpha value is -1.94. The highest BCUT2D eigenvalue weighted by Gasteiger charge is 2.27. The summed E-state index contributed by atoms with van der Waals surface area (Å²) in [6.45, 7) is 2.17. The van der Waals surface area contributed by atoms with Crippen molar-refractivity contribution >= 4 is 93.4 Å². The molecule has 15 heteroatoms. The minimum absolute atomic E-state index is 0.151. The summed E-state index contributed by atoms with van der Waals surface area (Å²) in [5, 5.41) is 4.11. The summed E-state index contributed by atoms with van der Waals surface area (Å²) < 4.78 is 61.4. The average molecular weight is 634 g/mol. The van der Waals surface area contributed by atoms with Crippen molar-refractivity contribution in [1.82, 2.24) is 4.72 Å². The van der Waals surface area contributed by atoms with E-state index in [4.69, 9.17) is 11.6 Å². The number of carbonyl (C=O) groups is 1. The van der Waals surface area contributed by atoms with Gasteiger partial charge in [-0.25, -0.2) is 21.6 Å². The van der Waals surface area contributed by atoms with Crippen LogP contribution in [0.2, 0.25) is 5.02 Å². The van der Waals surface area contributed by atoms with E-state index >= 15 is 0 Å². The predicted octanol–water partition coefficient (Wildman–Crippen LogP) is 4.16. The molecule has 1 aliphatic rings. The second-order valence-corrected chi connectivity index (χ2v) is 15.2. The summed E-state index contributed by atoms with van der Waals surface area (Å²) in [7, 11) is -8.01. The van der Waals surface area contributed by atoms with Crippen LogP contribution in [0.15, 0.2) is 51.2 Å². The summed E-state index contributed by atoms with van der Waals surface area (Å²) in [5.41, 5.74) is 1.79. The number of benzene rings is 1. The smallest absolute Gasteiger partial charge is 0.299 e. The van der Waals surface area contributed by atoms with E-state index in [1.54, 1.807) is 10.6 Å². The van der Waals surface area contributed by atoms with Crippen LogP contribution in [-0.4, -0.2) is 45.8 Å². The van der Waals surface area contributed by atoms with E-state index < -0.39 is 31.8 Å². The molecular weight excluding hydrogens is 610 g/mol. The third-order valence-electron chi connectivity index (χ3n) is 5.43. The van der Waals surface area contributed by atoms with Crippen LogP contribution in [0.25, 0.3) is 15.6 Å². The minimum atomic E-state index is -4.33. The van der Waals surface area contributed by atoms with Gasteiger partial charge >= 0.3 is 0 Å². The molecule has 9 nitrogen and oxygen atoms in total. The molecule has 0 aliphatic carbocycles. The number of nitrogens with one attached hydrogen (secondary N) is 1. The Morgan fingerprint density at radius 3 is 2.68 bits per heavy atom. The summed E-state index contributed by atoms with van der Waals surface area (Å²) in [6, 6.07) is 7.46. The molecule has 3 heterocycles. The molecule has 0 bridgehead atoms. The van der Waals surface area contributed by atoms with Gasteiger partial charge < -0.3 is 9.45 Å². The topological polar surface area (TPSA) is 128 Å². The lowest BCUT2D eigenvalue weighted by Gasteiger charge is -2.21. The van der Waals surface area contributed by atoms with Gasteiger partial charge in [-0.2, -0.15) is 4.57 Å². The first-order valence-corrected chi connectivity index (χ1v) is 17.7. The van der Waals surface area contributed by atoms with Gasteiger partial charge in [0.2, 0.25) is 16.6 Å². The van der Waals surface area contributed by atoms with Gasteiger partial charge in [0.05, 0.1) is 27.1 Å². The van der Waals surface area contributed by atoms with Crippen molar-refractivity contribution < 1.29 is 30.7 Å². The number of hydrogen-bond acceptors (Lipinski definition) is 10. The number of allylic oxidation sites excluding steroid dienone is 2. The zero-order valence-corrected chi connectivity index (χ0v) is 25.2. The summed E-state index contributed by atoms with van der Waals surface area (Å²) >= 11 is 10.7. The van der Waals surface area contributed by atoms with Crippen LogP contribution >= 0.6 is 46.0 Å². The van der Waals surface area contributed by atoms with E-state index in [-0.39, 0.29) is 13.0 Å². The fourth-order valence-corrected chi connectivity index (χ4v) is 8.37. The van der Waals surface area contributed by atoms with Crippen LogP contribution in [0.4, 0.5) is 5.69 Å². The molecule has 0 saturated carbocycles. The number of thioether (sulfide) groups is 1. The average Bonchev–Trinajstić information content (AvgIpc) is 3.46. The number of nitrogens with zero attached hydrogens (tertiary/aromatic N) is 2. The van der Waals surface area contributed by atoms with Crippen molar-refractivity contribution in [2.75, 3.05) is 23.5 Å². The monoisotopic (exact) mass is 633 g/mol. The molecule has 3 aromatic rings. The molecule has 1 amide bonds. The number of carbonyl (C=O) groups excluding carboxylic acids is 1. The molecule has 1 aliphatic heterocycles. The summed E-state index contributed by atoms with van der Waals surface area (Å²) in [6.07, 6.45) is 5.73. The predicted molar refractivity (Wildman–Crippen MR) is 153 cm³/mol. The van der Waals surface area contributed by atoms with Crippen molar-refractivity contribution in [3.05, 3.63) is 56.4 Å². The van der Waals surface area contributed by atoms with E-state index in [0.717, 1.165) is 42.0 Å². The fourth-order valence-electron chi connectivity index (χ4n) is 3.85. The molecule has 1 N–H and O–H groups in total. The molecule has 4 rings (SSSR count). The van der Waals surface area contributed by atoms with Gasteiger partial charge in [-0.15, -0.1) is 0 Å². The quantitative estimate of drug-likeness (QED) is 0.260. The highest BCUT2D eigenvalue weighted by atomic mass is 35.5. The Kier molecular flexibility index (Phi) is 8.91. The first-order valence-electron chi connectivity index (χ1n) is 11.3. The van der Waals surface area contributed by atoms with Crippen LogP contribution in [0, 0.1) is 0 Å². The van der Waals surface area contributed by atoms with E-state index in [1.807, 2.05) is 52.3 Å². The highest BCUT2D eigenvalue weighted by molar-refractivity contribution is 8.03. The lowest BCUT2D eigenvalue weighted by Crippen LogP contribution is -2.45. The van der Waals surface area contributed by atoms with Crippen molar-refractivity contribution in [2.45, 2.75) is 31.2 Å². The summed E-state index contributed by atoms with van der Waals surface area (Å²) in [4.78, 5) is 16.2. The maximum Gasteiger partial charge on any atom is 0.299 e. The Labute approximate surface area is 238 Å². The van der Waals surface area contributed by atoms with Crippen LogP contribution in [-0.2, 0) is 31.5 Å². The zero-order chi connectivity index (χ0) is 27.7. The number of halogens is 1. The van der Waals surface area contributed by atoms with Crippen molar-refractivity contribution in [3.63, 3.8) is 0 Å². The lowest BCUT2D eigenvalue weighted by atomic mass is 10.2. The number of hydrogen-bond donors (Lipinski definition) is 1. The van der Waals surface area contributed by atoms with Crippen molar-refractivity contribution in [1.29, 1.82) is 0 Å². The third kappa shape index (κ3) is 7.37. The van der Waals surface area contributed by atoms with Gasteiger partial charge in [0.1, 0.15) is 4.70 Å². The molecule has 1 aromatic carbocycles. The Morgan fingerprint density at radius 1 is 1.24 bits per heavy atom. The van der Waals surface area contributed by atoms with E-state index in [9.17, 15) is 26.2 Å². The molecule has 0 spiro atoms. The number of anilines is 1. The van der Waals surface area contributed by atoms with Crippen LogP contribution in [0.5, 0.6) is 0 Å². The second-order valence-electron chi connectivity index (χ2n) is 8.45. The number of thiazole rings is 1. The number of fused-ring (bicyclic) bond motifs is 2. The Balaban J connectivity index is 1.69. The molecule has 2 aromatic heterocycles. The molecule has 38 heavy (non-hydrogen) atoms. The van der Waals surface area contributed by atoms with Gasteiger partial charge in [-0.05, 0) is 54.1 Å². The first-order chi connectivity index (χ1) is 17.8. The molecular formula is C23H24ClN3O6S5. The number of aromatic nitrogens is 1. The normalized spacial score (nSPS) is 15.4. The number of thiophene rings is 1. The van der Waals surface area contributed by atoms with Gasteiger partial charge in [-0.1, -0.05) is 53.0 Å². The zero-order valence-electron chi connectivity index (χ0n) is 20.3. The molecule has 0 atom stereocenters. The minimum Gasteiger partial charge on any atom is -0.748 e. The number of rotatable bonds is 10. The van der Waals surface area contributed by atoms with Crippen LogP contribution in [0.3, 0.4) is 0 Å². The lowest BCUT2D eigenvalue weighted by molar-refractivity contribution is -0.653. The molecule has 0 saturated heterocycles. The Bertz CT molecular complexity index is 1660. The van der Waals surface area contributed by atoms with Gasteiger partial charge in [0.25, 0.3) is 15.7 Å². The third-order valence-corrected chi connectivity index (χ3v) is 10.3. The number of amides is 1. The van der Waals surface area contributed by atoms with E-state index in [1.165, 1.54) is 34.4 Å². The van der Waals surface area contributed by atoms with Crippen LogP contribution < -0.4 is 14.2 Å². The molecule has 204 valence electrons. The van der Waals surface area contributed by atoms with Crippen LogP contribution in [0.1, 0.15) is 24.8 Å². The maximum absolute atomic E-state index is 12.4. The maximum atomic E-state index is 12.4. The fraction of sp³-hybridized carbons (Fsp3) is 0.304. The van der Waals surface area contributed by atoms with Crippen molar-refractivity contribution in [3.8, 4) is 0 Å². The molecule has 0 radical (unpaired) electrons. The number of sulfonamides is 1. The molecule has 0 unspecified atom stereocenters. The van der Waals surface area contributed by atoms with E-state index in [2.05, 4.69) is 0 Å². The van der Waals surface area contributed by atoms with Gasteiger partial charge in [0.15, 0.2) is 0 Å². The van der Waals surface area contributed by atoms with Gasteiger partial charge in [-0.3, -0.25) is 4.79 Å². The standard InChI is InChI=1S/C23H24ClN3O6S5/c1-3-15(12-22-27(14-20(28)25-37(2,29)30)23-19(36-22)7-9-34-23)11-21-26(8-4-10-38(31,32)33)17-13-16(24)5-6-18(17)35-21/h5-7,9,11-13H,3-4,8,10,14H2,1-2H3,(H-,25,28,31,32,33). The first kappa shape index (κ1) is 29.1. The van der Waals surface area contributed by atoms with E-state index in [0.29, 0.717) is 18.0 Å². The largest absolute Gasteiger partial charge is 0.748 e. The molecule has 0 fully saturated rings. The Morgan fingerprint density at radius 2 is 2.00 bits per heavy atom. The second kappa shape index (κ2) is 11.7. The highest BCUT2D eigenvalue weighted by Crippen LogP contribution is 2.47. The summed E-state index contributed by atoms with van der Waals surface area (Å²) in [5.74, 6) is -1.09. The van der Waals surface area contributed by atoms with Crippen molar-refractivity contribution in [2.24, 2.45) is 0 Å².